The van der Waals surface area contributed by atoms with Gasteiger partial charge in [0.05, 0.1) is 5.75 Å². The highest BCUT2D eigenvalue weighted by molar-refractivity contribution is 9.09. The summed E-state index contributed by atoms with van der Waals surface area (Å²) in [5.41, 5.74) is 0. The summed E-state index contributed by atoms with van der Waals surface area (Å²) < 4.78 is 19.2. The lowest BCUT2D eigenvalue weighted by Crippen LogP contribution is -2.41. The smallest absolute Gasteiger partial charge is 0.333 e. The van der Waals surface area contributed by atoms with Crippen molar-refractivity contribution in [3.05, 3.63) is 24.3 Å². The summed E-state index contributed by atoms with van der Waals surface area (Å²) >= 11 is 3.53. The van der Waals surface area contributed by atoms with Crippen LogP contribution in [-0.4, -0.2) is 44.9 Å². The van der Waals surface area contributed by atoms with Crippen molar-refractivity contribution in [1.82, 2.24) is 0 Å². The van der Waals surface area contributed by atoms with E-state index in [9.17, 15) is 0 Å². The zero-order valence-electron chi connectivity index (χ0n) is 31.7. The van der Waals surface area contributed by atoms with E-state index in [0.717, 1.165) is 43.6 Å². The van der Waals surface area contributed by atoms with E-state index >= 15 is 0 Å². The van der Waals surface area contributed by atoms with Crippen LogP contribution in [0, 0.1) is 0 Å². The highest BCUT2D eigenvalue weighted by Crippen LogP contribution is 2.27. The SMILES string of the molecule is CCCCC/C=C\C/C=C\CCCCCCCCOC(CSSCCCCCCCCCCCC)O[Si](C)(C)OCCCCCCBr. The Bertz CT molecular complexity index is 665. The minimum absolute atomic E-state index is 0.159. The van der Waals surface area contributed by atoms with Gasteiger partial charge in [-0.25, -0.2) is 0 Å². The zero-order chi connectivity index (χ0) is 34.4. The monoisotopic (exact) mass is 778 g/mol. The van der Waals surface area contributed by atoms with Gasteiger partial charge in [0, 0.05) is 24.3 Å². The molecule has 0 spiro atoms. The Balaban J connectivity index is 4.14. The molecule has 0 rings (SSSR count). The molecule has 3 nitrogen and oxygen atoms in total. The normalized spacial score (nSPS) is 13.0. The number of alkyl halides is 1. The molecule has 0 bridgehead atoms. The van der Waals surface area contributed by atoms with Gasteiger partial charge >= 0.3 is 8.56 Å². The molecule has 7 heteroatoms. The molecule has 0 aliphatic carbocycles. The maximum atomic E-state index is 6.54. The van der Waals surface area contributed by atoms with Crippen molar-refractivity contribution >= 4 is 46.1 Å². The molecule has 0 aliphatic heterocycles. The lowest BCUT2D eigenvalue weighted by atomic mass is 10.1. The largest absolute Gasteiger partial charge is 0.394 e. The van der Waals surface area contributed by atoms with Crippen molar-refractivity contribution in [2.24, 2.45) is 0 Å². The van der Waals surface area contributed by atoms with E-state index in [2.05, 4.69) is 67.2 Å². The molecule has 1 atom stereocenters. The fraction of sp³-hybridized carbons (Fsp3) is 0.900. The molecular formula is C40H79BrO3S2Si. The highest BCUT2D eigenvalue weighted by Gasteiger charge is 2.29. The van der Waals surface area contributed by atoms with Gasteiger partial charge in [0.2, 0.25) is 0 Å². The van der Waals surface area contributed by atoms with Crippen molar-refractivity contribution in [3.63, 3.8) is 0 Å². The van der Waals surface area contributed by atoms with Crippen LogP contribution in [0.1, 0.15) is 181 Å². The quantitative estimate of drug-likeness (QED) is 0.0155. The molecule has 0 radical (unpaired) electrons. The van der Waals surface area contributed by atoms with E-state index in [0.29, 0.717) is 0 Å². The number of unbranched alkanes of at least 4 members (excludes halogenated alkanes) is 21. The maximum Gasteiger partial charge on any atom is 0.333 e. The predicted molar refractivity (Wildman–Crippen MR) is 223 cm³/mol. The van der Waals surface area contributed by atoms with Crippen LogP contribution >= 0.6 is 37.5 Å². The fourth-order valence-corrected chi connectivity index (χ4v) is 9.60. The number of ether oxygens (including phenoxy) is 1. The number of rotatable bonds is 39. The third-order valence-electron chi connectivity index (χ3n) is 8.41. The Hall–Kier alpha value is 0.757. The molecule has 0 aliphatic rings. The Morgan fingerprint density at radius 3 is 1.66 bits per heavy atom. The molecular weight excluding hydrogens is 701 g/mol. The third kappa shape index (κ3) is 39.4. The van der Waals surface area contributed by atoms with Gasteiger partial charge in [-0.1, -0.05) is 185 Å². The second-order valence-electron chi connectivity index (χ2n) is 13.6. The van der Waals surface area contributed by atoms with Crippen LogP contribution in [0.4, 0.5) is 0 Å². The molecule has 0 aromatic heterocycles. The molecule has 0 aromatic carbocycles. The first-order chi connectivity index (χ1) is 23.1. The lowest BCUT2D eigenvalue weighted by Gasteiger charge is -2.29. The van der Waals surface area contributed by atoms with E-state index in [1.54, 1.807) is 0 Å². The van der Waals surface area contributed by atoms with E-state index < -0.39 is 8.56 Å². The van der Waals surface area contributed by atoms with Gasteiger partial charge in [-0.15, -0.1) is 0 Å². The summed E-state index contributed by atoms with van der Waals surface area (Å²) in [6, 6.07) is 0. The number of allylic oxidation sites excluding steroid dienone is 4. The average molecular weight is 780 g/mol. The van der Waals surface area contributed by atoms with Crippen LogP contribution in [0.25, 0.3) is 0 Å². The molecule has 0 saturated heterocycles. The number of halogens is 1. The fourth-order valence-electron chi connectivity index (χ4n) is 5.45. The van der Waals surface area contributed by atoms with Crippen LogP contribution in [0.3, 0.4) is 0 Å². The highest BCUT2D eigenvalue weighted by atomic mass is 79.9. The second-order valence-corrected chi connectivity index (χ2v) is 20.4. The minimum Gasteiger partial charge on any atom is -0.394 e. The van der Waals surface area contributed by atoms with Gasteiger partial charge in [0.15, 0.2) is 6.29 Å². The Kier molecular flexibility index (Phi) is 40.2. The van der Waals surface area contributed by atoms with Crippen LogP contribution in [0.15, 0.2) is 24.3 Å². The third-order valence-corrected chi connectivity index (χ3v) is 13.1. The van der Waals surface area contributed by atoms with E-state index in [1.165, 1.54) is 153 Å². The zero-order valence-corrected chi connectivity index (χ0v) is 35.9. The van der Waals surface area contributed by atoms with Gasteiger partial charge < -0.3 is 13.6 Å². The summed E-state index contributed by atoms with van der Waals surface area (Å²) in [6.45, 7) is 10.5. The van der Waals surface area contributed by atoms with Gasteiger partial charge in [0.25, 0.3) is 0 Å². The molecule has 0 aromatic rings. The molecule has 0 heterocycles. The molecule has 280 valence electrons. The van der Waals surface area contributed by atoms with Crippen molar-refractivity contribution in [2.45, 2.75) is 200 Å². The van der Waals surface area contributed by atoms with E-state index in [4.69, 9.17) is 13.6 Å². The van der Waals surface area contributed by atoms with Gasteiger partial charge in [-0.2, -0.15) is 0 Å². The van der Waals surface area contributed by atoms with Crippen LogP contribution in [0.5, 0.6) is 0 Å². The van der Waals surface area contributed by atoms with Gasteiger partial charge in [0.1, 0.15) is 0 Å². The van der Waals surface area contributed by atoms with Crippen LogP contribution in [-0.2, 0) is 13.6 Å². The first kappa shape index (κ1) is 47.8. The summed E-state index contributed by atoms with van der Waals surface area (Å²) in [4.78, 5) is 0. The van der Waals surface area contributed by atoms with Crippen molar-refractivity contribution in [3.8, 4) is 0 Å². The maximum absolute atomic E-state index is 6.54. The molecule has 0 fully saturated rings. The average Bonchev–Trinajstić information content (AvgIpc) is 3.06. The first-order valence-electron chi connectivity index (χ1n) is 20.1. The Morgan fingerprint density at radius 1 is 0.553 bits per heavy atom. The Morgan fingerprint density at radius 2 is 1.04 bits per heavy atom. The van der Waals surface area contributed by atoms with Crippen molar-refractivity contribution in [1.29, 1.82) is 0 Å². The van der Waals surface area contributed by atoms with Gasteiger partial charge in [-0.05, 0) is 70.9 Å². The molecule has 0 N–H and O–H groups in total. The standard InChI is InChI=1S/C40H79BrO3S2Si/c1-5-7-9-11-13-15-17-18-19-20-21-22-23-25-28-32-36-42-40(44-47(3,4)43-37-33-29-27-31-35-41)39-46-45-38-34-30-26-24-16-14-12-10-8-6-2/h13,15,18-19,40H,5-12,14,16-17,20-39H2,1-4H3/b15-13-,19-18-. The minimum atomic E-state index is -2.22. The molecule has 47 heavy (non-hydrogen) atoms. The topological polar surface area (TPSA) is 27.7 Å². The Labute approximate surface area is 312 Å². The number of hydrogen-bond donors (Lipinski definition) is 0. The van der Waals surface area contributed by atoms with E-state index in [1.807, 2.05) is 21.6 Å². The van der Waals surface area contributed by atoms with Crippen molar-refractivity contribution < 1.29 is 13.6 Å². The van der Waals surface area contributed by atoms with E-state index in [-0.39, 0.29) is 6.29 Å². The summed E-state index contributed by atoms with van der Waals surface area (Å²) in [7, 11) is 1.71. The van der Waals surface area contributed by atoms with Crippen molar-refractivity contribution in [2.75, 3.05) is 30.0 Å². The first-order valence-corrected chi connectivity index (χ1v) is 26.5. The van der Waals surface area contributed by atoms with Gasteiger partial charge in [-0.3, -0.25) is 0 Å². The molecule has 0 amide bonds. The summed E-state index contributed by atoms with van der Waals surface area (Å²) in [5.74, 6) is 2.11. The summed E-state index contributed by atoms with van der Waals surface area (Å²) in [5, 5.41) is 1.10. The molecule has 1 unspecified atom stereocenters. The number of hydrogen-bond acceptors (Lipinski definition) is 5. The summed E-state index contributed by atoms with van der Waals surface area (Å²) in [6.07, 6.45) is 43.3. The molecule has 0 saturated carbocycles. The lowest BCUT2D eigenvalue weighted by molar-refractivity contribution is -0.0829. The predicted octanol–water partition coefficient (Wildman–Crippen LogP) is 15.1. The van der Waals surface area contributed by atoms with Crippen LogP contribution < -0.4 is 0 Å². The van der Waals surface area contributed by atoms with Crippen LogP contribution in [0.2, 0.25) is 13.1 Å². The second kappa shape index (κ2) is 39.5.